The van der Waals surface area contributed by atoms with E-state index in [9.17, 15) is 23.3 Å². The predicted molar refractivity (Wildman–Crippen MR) is 85.5 cm³/mol. The quantitative estimate of drug-likeness (QED) is 0.646. The van der Waals surface area contributed by atoms with Gasteiger partial charge in [-0.05, 0) is 25.8 Å². The van der Waals surface area contributed by atoms with Crippen LogP contribution in [0.3, 0.4) is 0 Å². The number of piperidine rings is 1. The molecule has 23 heavy (non-hydrogen) atoms. The van der Waals surface area contributed by atoms with E-state index in [-0.39, 0.29) is 23.3 Å². The van der Waals surface area contributed by atoms with Crippen molar-refractivity contribution in [2.75, 3.05) is 24.2 Å². The van der Waals surface area contributed by atoms with Crippen molar-refractivity contribution in [3.05, 3.63) is 34.4 Å². The molecule has 1 aliphatic rings. The molecule has 0 unspecified atom stereocenters. The Labute approximate surface area is 134 Å². The fourth-order valence-corrected chi connectivity index (χ4v) is 3.65. The van der Waals surface area contributed by atoms with Gasteiger partial charge in [-0.15, -0.1) is 0 Å². The molecule has 1 aliphatic heterocycles. The lowest BCUT2D eigenvalue weighted by atomic mass is 9.97. The highest BCUT2D eigenvalue weighted by Gasteiger charge is 2.30. The van der Waals surface area contributed by atoms with Crippen LogP contribution in [0.4, 0.5) is 11.4 Å². The fourth-order valence-electron chi connectivity index (χ4n) is 2.52. The number of rotatable bonds is 5. The normalized spacial score (nSPS) is 16.9. The second-order valence-corrected chi connectivity index (χ2v) is 7.63. The highest BCUT2D eigenvalue weighted by molar-refractivity contribution is 7.89. The summed E-state index contributed by atoms with van der Waals surface area (Å²) in [7, 11) is -3.22. The maximum absolute atomic E-state index is 12.2. The van der Waals surface area contributed by atoms with Gasteiger partial charge in [0.15, 0.2) is 0 Å². The first-order valence-corrected chi connectivity index (χ1v) is 8.97. The molecule has 1 heterocycles. The Bertz CT molecular complexity index is 696. The van der Waals surface area contributed by atoms with E-state index in [1.807, 2.05) is 0 Å². The molecule has 0 aromatic heterocycles. The van der Waals surface area contributed by atoms with Crippen LogP contribution in [0.15, 0.2) is 24.3 Å². The van der Waals surface area contributed by atoms with E-state index in [0.29, 0.717) is 31.6 Å². The van der Waals surface area contributed by atoms with Gasteiger partial charge in [0.2, 0.25) is 15.9 Å². The second kappa shape index (κ2) is 7.05. The molecular weight excluding hydrogens is 322 g/mol. The summed E-state index contributed by atoms with van der Waals surface area (Å²) in [5, 5.41) is 13.4. The third kappa shape index (κ3) is 4.26. The number of carbonyl (C=O) groups is 1. The number of sulfonamides is 1. The summed E-state index contributed by atoms with van der Waals surface area (Å²) in [6.07, 6.45) is 0.889. The Morgan fingerprint density at radius 2 is 2.04 bits per heavy atom. The first-order valence-electron chi connectivity index (χ1n) is 7.36. The van der Waals surface area contributed by atoms with Crippen molar-refractivity contribution in [3.63, 3.8) is 0 Å². The Morgan fingerprint density at radius 1 is 1.39 bits per heavy atom. The summed E-state index contributed by atoms with van der Waals surface area (Å²) in [6, 6.07) is 5.74. The van der Waals surface area contributed by atoms with Crippen LogP contribution in [0.2, 0.25) is 0 Å². The van der Waals surface area contributed by atoms with E-state index < -0.39 is 14.9 Å². The molecule has 1 aromatic carbocycles. The molecule has 126 valence electrons. The van der Waals surface area contributed by atoms with E-state index in [0.717, 1.165) is 0 Å². The SMILES string of the molecule is CCS(=O)(=O)N1CCC(C(=O)Nc2cccc([N+](=O)[O-])c2)CC1. The summed E-state index contributed by atoms with van der Waals surface area (Å²) in [5.41, 5.74) is 0.277. The number of hydrogen-bond donors (Lipinski definition) is 1. The lowest BCUT2D eigenvalue weighted by Crippen LogP contribution is -2.42. The van der Waals surface area contributed by atoms with Crippen molar-refractivity contribution >= 4 is 27.3 Å². The van der Waals surface area contributed by atoms with Gasteiger partial charge in [0.25, 0.3) is 5.69 Å². The number of benzene rings is 1. The van der Waals surface area contributed by atoms with Crippen LogP contribution < -0.4 is 5.32 Å². The Hall–Kier alpha value is -2.00. The van der Waals surface area contributed by atoms with Gasteiger partial charge in [-0.1, -0.05) is 6.07 Å². The highest BCUT2D eigenvalue weighted by Crippen LogP contribution is 2.23. The second-order valence-electron chi connectivity index (χ2n) is 5.37. The molecule has 0 atom stereocenters. The zero-order valence-electron chi connectivity index (χ0n) is 12.8. The molecule has 0 radical (unpaired) electrons. The van der Waals surface area contributed by atoms with Gasteiger partial charge in [0.05, 0.1) is 10.7 Å². The number of nitro benzene ring substituents is 1. The average molecular weight is 341 g/mol. The minimum atomic E-state index is -3.22. The number of amides is 1. The van der Waals surface area contributed by atoms with Crippen molar-refractivity contribution in [1.29, 1.82) is 0 Å². The number of nitrogens with zero attached hydrogens (tertiary/aromatic N) is 2. The largest absolute Gasteiger partial charge is 0.326 e. The standard InChI is InChI=1S/C14H19N3O5S/c1-2-23(21,22)16-8-6-11(7-9-16)14(18)15-12-4-3-5-13(10-12)17(19)20/h3-5,10-11H,2,6-9H2,1H3,(H,15,18). The van der Waals surface area contributed by atoms with E-state index in [4.69, 9.17) is 0 Å². The molecule has 1 saturated heterocycles. The number of nitro groups is 1. The molecule has 1 fully saturated rings. The monoisotopic (exact) mass is 341 g/mol. The molecule has 2 rings (SSSR count). The maximum atomic E-state index is 12.2. The summed E-state index contributed by atoms with van der Waals surface area (Å²) in [6.45, 7) is 2.24. The van der Waals surface area contributed by atoms with Crippen molar-refractivity contribution in [1.82, 2.24) is 4.31 Å². The summed E-state index contributed by atoms with van der Waals surface area (Å²) >= 11 is 0. The summed E-state index contributed by atoms with van der Waals surface area (Å²) in [4.78, 5) is 22.4. The number of nitrogens with one attached hydrogen (secondary N) is 1. The van der Waals surface area contributed by atoms with Crippen LogP contribution in [-0.2, 0) is 14.8 Å². The van der Waals surface area contributed by atoms with Crippen molar-refractivity contribution in [3.8, 4) is 0 Å². The molecule has 0 aliphatic carbocycles. The molecule has 1 N–H and O–H groups in total. The average Bonchev–Trinajstić information content (AvgIpc) is 2.55. The Balaban J connectivity index is 1.96. The van der Waals surface area contributed by atoms with Crippen molar-refractivity contribution in [2.45, 2.75) is 19.8 Å². The summed E-state index contributed by atoms with van der Waals surface area (Å²) in [5.74, 6) is -0.478. The number of hydrogen-bond acceptors (Lipinski definition) is 5. The first-order chi connectivity index (χ1) is 10.8. The first kappa shape index (κ1) is 17.4. The molecule has 1 aromatic rings. The van der Waals surface area contributed by atoms with Crippen molar-refractivity contribution < 1.29 is 18.1 Å². The number of non-ortho nitro benzene ring substituents is 1. The zero-order chi connectivity index (χ0) is 17.0. The Morgan fingerprint density at radius 3 is 2.61 bits per heavy atom. The summed E-state index contributed by atoms with van der Waals surface area (Å²) < 4.78 is 25.0. The van der Waals surface area contributed by atoms with Gasteiger partial charge >= 0.3 is 0 Å². The van der Waals surface area contributed by atoms with Crippen LogP contribution in [0.5, 0.6) is 0 Å². The number of carbonyl (C=O) groups excluding carboxylic acids is 1. The lowest BCUT2D eigenvalue weighted by molar-refractivity contribution is -0.384. The molecule has 9 heteroatoms. The van der Waals surface area contributed by atoms with E-state index >= 15 is 0 Å². The van der Waals surface area contributed by atoms with Gasteiger partial charge in [-0.25, -0.2) is 12.7 Å². The smallest absolute Gasteiger partial charge is 0.271 e. The molecule has 8 nitrogen and oxygen atoms in total. The fraction of sp³-hybridized carbons (Fsp3) is 0.500. The van der Waals surface area contributed by atoms with Gasteiger partial charge < -0.3 is 5.32 Å². The van der Waals surface area contributed by atoms with Crippen LogP contribution >= 0.6 is 0 Å². The Kier molecular flexibility index (Phi) is 5.32. The molecule has 0 saturated carbocycles. The van der Waals surface area contributed by atoms with Gasteiger partial charge in [-0.3, -0.25) is 14.9 Å². The van der Waals surface area contributed by atoms with Crippen LogP contribution in [0.1, 0.15) is 19.8 Å². The van der Waals surface area contributed by atoms with Crippen LogP contribution in [-0.4, -0.2) is 42.4 Å². The van der Waals surface area contributed by atoms with E-state index in [1.165, 1.54) is 22.5 Å². The molecule has 0 spiro atoms. The topological polar surface area (TPSA) is 110 Å². The molecular formula is C14H19N3O5S. The highest BCUT2D eigenvalue weighted by atomic mass is 32.2. The zero-order valence-corrected chi connectivity index (χ0v) is 13.6. The van der Waals surface area contributed by atoms with E-state index in [2.05, 4.69) is 5.32 Å². The maximum Gasteiger partial charge on any atom is 0.271 e. The number of anilines is 1. The molecule has 0 bridgehead atoms. The van der Waals surface area contributed by atoms with Crippen LogP contribution in [0.25, 0.3) is 0 Å². The van der Waals surface area contributed by atoms with Gasteiger partial charge in [0.1, 0.15) is 0 Å². The minimum Gasteiger partial charge on any atom is -0.326 e. The predicted octanol–water partition coefficient (Wildman–Crippen LogP) is 1.59. The minimum absolute atomic E-state index is 0.0531. The lowest BCUT2D eigenvalue weighted by Gasteiger charge is -2.30. The molecule has 1 amide bonds. The van der Waals surface area contributed by atoms with Crippen molar-refractivity contribution in [2.24, 2.45) is 5.92 Å². The van der Waals surface area contributed by atoms with Gasteiger partial charge in [0, 0.05) is 36.8 Å². The third-order valence-electron chi connectivity index (χ3n) is 3.91. The van der Waals surface area contributed by atoms with E-state index in [1.54, 1.807) is 13.0 Å². The van der Waals surface area contributed by atoms with Gasteiger partial charge in [-0.2, -0.15) is 0 Å². The third-order valence-corrected chi connectivity index (χ3v) is 5.79. The van der Waals surface area contributed by atoms with Crippen LogP contribution in [0, 0.1) is 16.0 Å².